The molecule has 4 nitrogen and oxygen atoms in total. The first-order valence-corrected chi connectivity index (χ1v) is 6.78. The second-order valence-corrected chi connectivity index (χ2v) is 5.18. The van der Waals surface area contributed by atoms with Crippen LogP contribution < -0.4 is 10.1 Å². The molecular formula is C13H14BrFN2O2. The van der Waals surface area contributed by atoms with E-state index >= 15 is 0 Å². The first-order chi connectivity index (χ1) is 9.11. The summed E-state index contributed by atoms with van der Waals surface area (Å²) in [5.74, 6) is -0.441. The highest BCUT2D eigenvalue weighted by Crippen LogP contribution is 2.28. The molecule has 1 aromatic rings. The summed E-state index contributed by atoms with van der Waals surface area (Å²) >= 11 is 3.05. The standard InChI is InChI=1S/C13H14BrFN2O2/c1-8-5-17-6-10(19-8)7-18-11-3-2-9(4-16)12(14)13(11)15/h2-3,8,10,17H,5-7H2,1H3. The van der Waals surface area contributed by atoms with Crippen molar-refractivity contribution >= 4 is 15.9 Å². The molecule has 0 saturated carbocycles. The zero-order chi connectivity index (χ0) is 13.8. The maximum Gasteiger partial charge on any atom is 0.180 e. The monoisotopic (exact) mass is 328 g/mol. The van der Waals surface area contributed by atoms with Crippen molar-refractivity contribution in [1.29, 1.82) is 5.26 Å². The number of benzene rings is 1. The van der Waals surface area contributed by atoms with E-state index in [1.807, 2.05) is 13.0 Å². The molecule has 2 atom stereocenters. The molecule has 1 N–H and O–H groups in total. The van der Waals surface area contributed by atoms with E-state index in [1.165, 1.54) is 12.1 Å². The fourth-order valence-electron chi connectivity index (χ4n) is 1.88. The summed E-state index contributed by atoms with van der Waals surface area (Å²) in [7, 11) is 0. The molecule has 0 spiro atoms. The van der Waals surface area contributed by atoms with E-state index in [-0.39, 0.29) is 34.6 Å². The number of nitrogens with zero attached hydrogens (tertiary/aromatic N) is 1. The van der Waals surface area contributed by atoms with Crippen molar-refractivity contribution in [1.82, 2.24) is 5.32 Å². The average Bonchev–Trinajstić information content (AvgIpc) is 2.41. The lowest BCUT2D eigenvalue weighted by Crippen LogP contribution is -2.45. The van der Waals surface area contributed by atoms with Gasteiger partial charge in [-0.3, -0.25) is 0 Å². The Bertz CT molecular complexity index is 504. The van der Waals surface area contributed by atoms with Gasteiger partial charge in [-0.15, -0.1) is 0 Å². The topological polar surface area (TPSA) is 54.3 Å². The largest absolute Gasteiger partial charge is 0.488 e. The molecule has 0 amide bonds. The molecule has 6 heteroatoms. The quantitative estimate of drug-likeness (QED) is 0.924. The Morgan fingerprint density at radius 3 is 3.05 bits per heavy atom. The molecule has 2 unspecified atom stereocenters. The zero-order valence-electron chi connectivity index (χ0n) is 10.5. The smallest absolute Gasteiger partial charge is 0.180 e. The summed E-state index contributed by atoms with van der Waals surface area (Å²) in [5.41, 5.74) is 0.244. The highest BCUT2D eigenvalue weighted by Gasteiger charge is 2.20. The van der Waals surface area contributed by atoms with Gasteiger partial charge >= 0.3 is 0 Å². The Morgan fingerprint density at radius 2 is 2.37 bits per heavy atom. The Balaban J connectivity index is 2.00. The Labute approximate surface area is 119 Å². The molecule has 1 saturated heterocycles. The first-order valence-electron chi connectivity index (χ1n) is 5.99. The van der Waals surface area contributed by atoms with Crippen molar-refractivity contribution in [2.24, 2.45) is 0 Å². The molecule has 1 aliphatic heterocycles. The summed E-state index contributed by atoms with van der Waals surface area (Å²) < 4.78 is 25.1. The van der Waals surface area contributed by atoms with Crippen LogP contribution in [0, 0.1) is 17.1 Å². The van der Waals surface area contributed by atoms with Gasteiger partial charge in [0.1, 0.15) is 18.8 Å². The number of ether oxygens (including phenoxy) is 2. The molecule has 1 fully saturated rings. The molecule has 0 aliphatic carbocycles. The Hall–Kier alpha value is -1.16. The van der Waals surface area contributed by atoms with Crippen molar-refractivity contribution in [2.45, 2.75) is 19.1 Å². The van der Waals surface area contributed by atoms with Crippen molar-refractivity contribution in [3.63, 3.8) is 0 Å². The molecule has 1 aliphatic rings. The lowest BCUT2D eigenvalue weighted by atomic mass is 10.2. The molecule has 0 radical (unpaired) electrons. The zero-order valence-corrected chi connectivity index (χ0v) is 12.0. The number of rotatable bonds is 3. The van der Waals surface area contributed by atoms with Crippen LogP contribution in [0.2, 0.25) is 0 Å². The maximum atomic E-state index is 13.9. The average molecular weight is 329 g/mol. The summed E-state index contributed by atoms with van der Waals surface area (Å²) in [5, 5.41) is 12.0. The molecule has 0 aromatic heterocycles. The fourth-order valence-corrected chi connectivity index (χ4v) is 2.30. The van der Waals surface area contributed by atoms with Crippen LogP contribution in [0.15, 0.2) is 16.6 Å². The summed E-state index contributed by atoms with van der Waals surface area (Å²) in [6.07, 6.45) is 0.0254. The van der Waals surface area contributed by atoms with Gasteiger partial charge in [-0.2, -0.15) is 5.26 Å². The highest BCUT2D eigenvalue weighted by atomic mass is 79.9. The second kappa shape index (κ2) is 6.33. The van der Waals surface area contributed by atoms with Gasteiger partial charge in [-0.25, -0.2) is 4.39 Å². The minimum Gasteiger partial charge on any atom is -0.488 e. The van der Waals surface area contributed by atoms with Gasteiger partial charge in [0.05, 0.1) is 16.1 Å². The number of nitriles is 1. The minimum atomic E-state index is -0.559. The van der Waals surface area contributed by atoms with Crippen LogP contribution >= 0.6 is 15.9 Å². The highest BCUT2D eigenvalue weighted by molar-refractivity contribution is 9.10. The third-order valence-electron chi connectivity index (χ3n) is 2.82. The van der Waals surface area contributed by atoms with E-state index in [1.54, 1.807) is 0 Å². The van der Waals surface area contributed by atoms with Crippen molar-refractivity contribution in [3.8, 4) is 11.8 Å². The molecule has 19 heavy (non-hydrogen) atoms. The van der Waals surface area contributed by atoms with Gasteiger partial charge < -0.3 is 14.8 Å². The van der Waals surface area contributed by atoms with Gasteiger partial charge in [0.2, 0.25) is 0 Å². The van der Waals surface area contributed by atoms with Crippen LogP contribution in [0.3, 0.4) is 0 Å². The maximum absolute atomic E-state index is 13.9. The van der Waals surface area contributed by atoms with Crippen LogP contribution in [0.5, 0.6) is 5.75 Å². The van der Waals surface area contributed by atoms with Crippen molar-refractivity contribution in [2.75, 3.05) is 19.7 Å². The van der Waals surface area contributed by atoms with Crippen molar-refractivity contribution in [3.05, 3.63) is 28.0 Å². The Morgan fingerprint density at radius 1 is 1.58 bits per heavy atom. The van der Waals surface area contributed by atoms with Crippen LogP contribution in [0.4, 0.5) is 4.39 Å². The predicted octanol–water partition coefficient (Wildman–Crippen LogP) is 2.22. The van der Waals surface area contributed by atoms with Gasteiger partial charge in [-0.05, 0) is 35.0 Å². The lowest BCUT2D eigenvalue weighted by Gasteiger charge is -2.28. The first kappa shape index (κ1) is 14.3. The predicted molar refractivity (Wildman–Crippen MR) is 71.5 cm³/mol. The SMILES string of the molecule is CC1CNCC(COc2ccc(C#N)c(Br)c2F)O1. The number of nitrogens with one attached hydrogen (secondary N) is 1. The third kappa shape index (κ3) is 3.44. The van der Waals surface area contributed by atoms with Crippen LogP contribution in [-0.2, 0) is 4.74 Å². The Kier molecular flexibility index (Phi) is 4.75. The number of hydrogen-bond acceptors (Lipinski definition) is 4. The summed E-state index contributed by atoms with van der Waals surface area (Å²) in [4.78, 5) is 0. The van der Waals surface area contributed by atoms with E-state index in [0.29, 0.717) is 6.54 Å². The minimum absolute atomic E-state index is 0.0995. The van der Waals surface area contributed by atoms with Crippen molar-refractivity contribution < 1.29 is 13.9 Å². The second-order valence-electron chi connectivity index (χ2n) is 4.39. The molecular weight excluding hydrogens is 315 g/mol. The van der Waals surface area contributed by atoms with Gasteiger partial charge in [0.15, 0.2) is 11.6 Å². The van der Waals surface area contributed by atoms with E-state index in [9.17, 15) is 4.39 Å². The number of halogens is 2. The summed E-state index contributed by atoms with van der Waals surface area (Å²) in [6, 6.07) is 4.87. The van der Waals surface area contributed by atoms with Gasteiger partial charge in [-0.1, -0.05) is 0 Å². The fraction of sp³-hybridized carbons (Fsp3) is 0.462. The van der Waals surface area contributed by atoms with E-state index in [4.69, 9.17) is 14.7 Å². The van der Waals surface area contributed by atoms with E-state index in [0.717, 1.165) is 6.54 Å². The van der Waals surface area contributed by atoms with Crippen LogP contribution in [0.1, 0.15) is 12.5 Å². The van der Waals surface area contributed by atoms with Gasteiger partial charge in [0, 0.05) is 13.1 Å². The summed E-state index contributed by atoms with van der Waals surface area (Å²) in [6.45, 7) is 3.74. The van der Waals surface area contributed by atoms with E-state index in [2.05, 4.69) is 21.2 Å². The number of hydrogen-bond donors (Lipinski definition) is 1. The third-order valence-corrected chi connectivity index (χ3v) is 3.60. The van der Waals surface area contributed by atoms with Crippen LogP contribution in [-0.4, -0.2) is 31.9 Å². The number of morpholine rings is 1. The molecule has 0 bridgehead atoms. The van der Waals surface area contributed by atoms with Gasteiger partial charge in [0.25, 0.3) is 0 Å². The normalized spacial score (nSPS) is 22.8. The lowest BCUT2D eigenvalue weighted by molar-refractivity contribution is -0.0475. The van der Waals surface area contributed by atoms with Crippen LogP contribution in [0.25, 0.3) is 0 Å². The molecule has 2 rings (SSSR count). The molecule has 1 aromatic carbocycles. The molecule has 1 heterocycles. The van der Waals surface area contributed by atoms with E-state index < -0.39 is 5.82 Å². The molecule has 102 valence electrons.